The molecule has 2 aromatic rings. The Balaban J connectivity index is 1.60. The average molecular weight is 428 g/mol. The SMILES string of the molecule is CCNc1nc(CCCCCCNC(=O)NCc2ccc(N)nc2)ccc1C(=O)NC. The zero-order valence-electron chi connectivity index (χ0n) is 18.3. The molecule has 6 N–H and O–H groups in total. The van der Waals surface area contributed by atoms with E-state index in [-0.39, 0.29) is 11.9 Å². The molecule has 9 nitrogen and oxygen atoms in total. The summed E-state index contributed by atoms with van der Waals surface area (Å²) < 4.78 is 0. The van der Waals surface area contributed by atoms with Gasteiger partial charge in [-0.05, 0) is 49.9 Å². The molecule has 0 atom stereocenters. The fourth-order valence-corrected chi connectivity index (χ4v) is 3.03. The van der Waals surface area contributed by atoms with Gasteiger partial charge >= 0.3 is 6.03 Å². The van der Waals surface area contributed by atoms with Gasteiger partial charge in [0.05, 0.1) is 5.56 Å². The first-order valence-corrected chi connectivity index (χ1v) is 10.7. The molecule has 0 saturated carbocycles. The van der Waals surface area contributed by atoms with Crippen LogP contribution < -0.4 is 27.0 Å². The van der Waals surface area contributed by atoms with Crippen molar-refractivity contribution >= 4 is 23.6 Å². The van der Waals surface area contributed by atoms with Crippen molar-refractivity contribution in [2.45, 2.75) is 45.6 Å². The van der Waals surface area contributed by atoms with Crippen molar-refractivity contribution in [2.75, 3.05) is 31.2 Å². The topological polar surface area (TPSA) is 134 Å². The molecule has 0 aliphatic carbocycles. The van der Waals surface area contributed by atoms with Crippen LogP contribution in [-0.4, -0.2) is 42.0 Å². The minimum Gasteiger partial charge on any atom is -0.384 e. The summed E-state index contributed by atoms with van der Waals surface area (Å²) in [5, 5.41) is 11.5. The van der Waals surface area contributed by atoms with Crippen LogP contribution in [0.25, 0.3) is 0 Å². The van der Waals surface area contributed by atoms with Gasteiger partial charge in [-0.3, -0.25) is 4.79 Å². The van der Waals surface area contributed by atoms with Crippen LogP contribution in [0, 0.1) is 0 Å². The Labute approximate surface area is 183 Å². The van der Waals surface area contributed by atoms with E-state index in [1.807, 2.05) is 25.1 Å². The van der Waals surface area contributed by atoms with E-state index in [1.54, 1.807) is 19.3 Å². The molecule has 9 heteroatoms. The average Bonchev–Trinajstić information content (AvgIpc) is 2.78. The van der Waals surface area contributed by atoms with E-state index in [0.29, 0.717) is 36.8 Å². The van der Waals surface area contributed by atoms with E-state index >= 15 is 0 Å². The summed E-state index contributed by atoms with van der Waals surface area (Å²) in [6, 6.07) is 7.09. The number of hydrogen-bond donors (Lipinski definition) is 5. The van der Waals surface area contributed by atoms with Gasteiger partial charge in [0.15, 0.2) is 0 Å². The molecule has 0 aliphatic rings. The first-order chi connectivity index (χ1) is 15.0. The van der Waals surface area contributed by atoms with Crippen molar-refractivity contribution in [1.82, 2.24) is 25.9 Å². The highest BCUT2D eigenvalue weighted by Gasteiger charge is 2.11. The van der Waals surface area contributed by atoms with Gasteiger partial charge in [-0.1, -0.05) is 18.9 Å². The predicted octanol–water partition coefficient (Wildman–Crippen LogP) is 2.45. The lowest BCUT2D eigenvalue weighted by Gasteiger charge is -2.11. The molecule has 168 valence electrons. The summed E-state index contributed by atoms with van der Waals surface area (Å²) in [7, 11) is 1.61. The zero-order chi connectivity index (χ0) is 22.5. The number of aryl methyl sites for hydroxylation is 1. The maximum absolute atomic E-state index is 11.9. The molecule has 0 aromatic carbocycles. The summed E-state index contributed by atoms with van der Waals surface area (Å²) in [4.78, 5) is 32.3. The second kappa shape index (κ2) is 13.0. The summed E-state index contributed by atoms with van der Waals surface area (Å²) in [6.07, 6.45) is 6.51. The summed E-state index contributed by atoms with van der Waals surface area (Å²) in [5.74, 6) is 0.948. The molecule has 2 heterocycles. The Morgan fingerprint density at radius 3 is 2.55 bits per heavy atom. The first kappa shape index (κ1) is 23.9. The number of nitrogens with two attached hydrogens (primary N) is 1. The minimum absolute atomic E-state index is 0.142. The molecule has 0 fully saturated rings. The minimum atomic E-state index is -0.187. The van der Waals surface area contributed by atoms with E-state index in [0.717, 1.165) is 43.4 Å². The molecule has 0 radical (unpaired) electrons. The number of nitrogens with zero attached hydrogens (tertiary/aromatic N) is 2. The molecule has 2 rings (SSSR count). The highest BCUT2D eigenvalue weighted by atomic mass is 16.2. The number of rotatable bonds is 12. The van der Waals surface area contributed by atoms with E-state index in [4.69, 9.17) is 5.73 Å². The number of nitrogens with one attached hydrogen (secondary N) is 4. The van der Waals surface area contributed by atoms with E-state index in [1.165, 1.54) is 0 Å². The van der Waals surface area contributed by atoms with Gasteiger partial charge in [0.2, 0.25) is 0 Å². The van der Waals surface area contributed by atoms with Crippen molar-refractivity contribution in [3.63, 3.8) is 0 Å². The standard InChI is InChI=1S/C22H33N7O2/c1-3-25-20-18(21(30)24-2)11-10-17(29-20)8-6-4-5-7-13-26-22(31)28-15-16-9-12-19(23)27-14-16/h9-12,14H,3-8,13,15H2,1-2H3,(H2,23,27)(H,24,30)(H,25,29)(H2,26,28,31). The van der Waals surface area contributed by atoms with Crippen LogP contribution >= 0.6 is 0 Å². The van der Waals surface area contributed by atoms with Crippen molar-refractivity contribution in [3.05, 3.63) is 47.3 Å². The Bertz CT molecular complexity index is 840. The number of anilines is 2. The number of carbonyl (C=O) groups is 2. The number of pyridine rings is 2. The fraction of sp³-hybridized carbons (Fsp3) is 0.455. The van der Waals surface area contributed by atoms with Crippen LogP contribution in [0.15, 0.2) is 30.5 Å². The number of hydrogen-bond acceptors (Lipinski definition) is 6. The monoisotopic (exact) mass is 427 g/mol. The van der Waals surface area contributed by atoms with Gasteiger partial charge in [-0.25, -0.2) is 14.8 Å². The third kappa shape index (κ3) is 8.49. The van der Waals surface area contributed by atoms with Crippen molar-refractivity contribution in [1.29, 1.82) is 0 Å². The molecule has 0 spiro atoms. The number of aromatic nitrogens is 2. The highest BCUT2D eigenvalue weighted by molar-refractivity contribution is 5.98. The van der Waals surface area contributed by atoms with Crippen LogP contribution in [0.3, 0.4) is 0 Å². The number of unbranched alkanes of at least 4 members (excludes halogenated alkanes) is 3. The molecular formula is C22H33N7O2. The Morgan fingerprint density at radius 1 is 1.03 bits per heavy atom. The van der Waals surface area contributed by atoms with Crippen molar-refractivity contribution in [3.8, 4) is 0 Å². The Hall–Kier alpha value is -3.36. The number of amides is 3. The van der Waals surface area contributed by atoms with Crippen LogP contribution in [0.2, 0.25) is 0 Å². The van der Waals surface area contributed by atoms with Gasteiger partial charge in [0, 0.05) is 38.6 Å². The van der Waals surface area contributed by atoms with Gasteiger partial charge in [-0.2, -0.15) is 0 Å². The number of urea groups is 1. The Kier molecular flexibility index (Phi) is 10.1. The van der Waals surface area contributed by atoms with Gasteiger partial charge in [-0.15, -0.1) is 0 Å². The largest absolute Gasteiger partial charge is 0.384 e. The third-order valence-electron chi connectivity index (χ3n) is 4.71. The molecule has 0 aliphatic heterocycles. The predicted molar refractivity (Wildman–Crippen MR) is 123 cm³/mol. The molecule has 0 bridgehead atoms. The normalized spacial score (nSPS) is 10.4. The van der Waals surface area contributed by atoms with Gasteiger partial charge < -0.3 is 27.0 Å². The molecule has 0 saturated heterocycles. The van der Waals surface area contributed by atoms with E-state index in [9.17, 15) is 9.59 Å². The van der Waals surface area contributed by atoms with Crippen LogP contribution in [0.1, 0.15) is 54.2 Å². The van der Waals surface area contributed by atoms with Crippen LogP contribution in [-0.2, 0) is 13.0 Å². The molecular weight excluding hydrogens is 394 g/mol. The van der Waals surface area contributed by atoms with Crippen LogP contribution in [0.5, 0.6) is 0 Å². The van der Waals surface area contributed by atoms with Gasteiger partial charge in [0.25, 0.3) is 5.91 Å². The van der Waals surface area contributed by atoms with Crippen molar-refractivity contribution in [2.24, 2.45) is 0 Å². The maximum Gasteiger partial charge on any atom is 0.315 e. The quantitative estimate of drug-likeness (QED) is 0.330. The van der Waals surface area contributed by atoms with Gasteiger partial charge in [0.1, 0.15) is 11.6 Å². The van der Waals surface area contributed by atoms with Crippen LogP contribution in [0.4, 0.5) is 16.4 Å². The Morgan fingerprint density at radius 2 is 1.84 bits per heavy atom. The zero-order valence-corrected chi connectivity index (χ0v) is 18.3. The molecule has 2 aromatic heterocycles. The maximum atomic E-state index is 11.9. The summed E-state index contributed by atoms with van der Waals surface area (Å²) in [6.45, 7) is 3.73. The molecule has 0 unspecified atom stereocenters. The van der Waals surface area contributed by atoms with E-state index < -0.39 is 0 Å². The lowest BCUT2D eigenvalue weighted by atomic mass is 10.1. The number of nitrogen functional groups attached to an aromatic ring is 1. The number of carbonyl (C=O) groups excluding carboxylic acids is 2. The second-order valence-electron chi connectivity index (χ2n) is 7.17. The first-order valence-electron chi connectivity index (χ1n) is 10.7. The fourth-order valence-electron chi connectivity index (χ4n) is 3.03. The summed E-state index contributed by atoms with van der Waals surface area (Å²) in [5.41, 5.74) is 7.97. The third-order valence-corrected chi connectivity index (χ3v) is 4.71. The molecule has 31 heavy (non-hydrogen) atoms. The van der Waals surface area contributed by atoms with Crippen molar-refractivity contribution < 1.29 is 9.59 Å². The highest BCUT2D eigenvalue weighted by Crippen LogP contribution is 2.15. The van der Waals surface area contributed by atoms with E-state index in [2.05, 4.69) is 31.2 Å². The lowest BCUT2D eigenvalue weighted by Crippen LogP contribution is -2.35. The lowest BCUT2D eigenvalue weighted by molar-refractivity contribution is 0.0963. The molecule has 3 amide bonds. The summed E-state index contributed by atoms with van der Waals surface area (Å²) >= 11 is 0. The smallest absolute Gasteiger partial charge is 0.315 e. The second-order valence-corrected chi connectivity index (χ2v) is 7.17.